The van der Waals surface area contributed by atoms with Gasteiger partial charge in [-0.3, -0.25) is 4.79 Å². The van der Waals surface area contributed by atoms with Crippen molar-refractivity contribution in [3.63, 3.8) is 0 Å². The number of aromatic nitrogens is 1. The van der Waals surface area contributed by atoms with E-state index in [1.807, 2.05) is 18.3 Å². The van der Waals surface area contributed by atoms with E-state index in [2.05, 4.69) is 11.1 Å². The van der Waals surface area contributed by atoms with Crippen LogP contribution in [-0.2, 0) is 17.6 Å². The number of benzene rings is 1. The molecule has 2 heteroatoms. The molecule has 1 aromatic heterocycles. The molecule has 3 rings (SSSR count). The zero-order chi connectivity index (χ0) is 8.84. The number of carbonyl (C=O) groups is 1. The first-order valence-electron chi connectivity index (χ1n) is 4.44. The second-order valence-corrected chi connectivity index (χ2v) is 3.55. The van der Waals surface area contributed by atoms with Crippen LogP contribution in [0.5, 0.6) is 0 Å². The zero-order valence-electron chi connectivity index (χ0n) is 7.13. The molecule has 1 aliphatic carbocycles. The molecule has 0 saturated carbocycles. The Kier molecular flexibility index (Phi) is 1.18. The van der Waals surface area contributed by atoms with Crippen LogP contribution in [0.25, 0.3) is 10.9 Å². The molecular formula is C11H9NO. The molecule has 0 atom stereocenters. The standard InChI is InChI=1S/C11H9NO/c13-9-4-7-2-1-3-10-11(7)8(5-9)6-12-10/h1-3,6,12H,4-5H2. The minimum Gasteiger partial charge on any atom is -0.361 e. The van der Waals surface area contributed by atoms with Crippen molar-refractivity contribution in [3.05, 3.63) is 35.5 Å². The normalized spacial score (nSPS) is 15.2. The minimum absolute atomic E-state index is 0.319. The number of aromatic amines is 1. The average molecular weight is 171 g/mol. The highest BCUT2D eigenvalue weighted by atomic mass is 16.1. The molecule has 0 amide bonds. The van der Waals surface area contributed by atoms with Gasteiger partial charge in [-0.2, -0.15) is 0 Å². The van der Waals surface area contributed by atoms with Crippen LogP contribution in [0.3, 0.4) is 0 Å². The number of carbonyl (C=O) groups excluding carboxylic acids is 1. The third-order valence-corrected chi connectivity index (χ3v) is 2.65. The van der Waals surface area contributed by atoms with E-state index in [0.717, 1.165) is 11.1 Å². The highest BCUT2D eigenvalue weighted by molar-refractivity contribution is 5.98. The van der Waals surface area contributed by atoms with Crippen molar-refractivity contribution in [2.45, 2.75) is 12.8 Å². The van der Waals surface area contributed by atoms with Crippen molar-refractivity contribution in [1.29, 1.82) is 0 Å². The van der Waals surface area contributed by atoms with Gasteiger partial charge in [0.05, 0.1) is 0 Å². The van der Waals surface area contributed by atoms with Crippen molar-refractivity contribution in [2.75, 3.05) is 0 Å². The molecule has 0 unspecified atom stereocenters. The Morgan fingerprint density at radius 1 is 1.15 bits per heavy atom. The Labute approximate surface area is 75.6 Å². The molecule has 1 heterocycles. The smallest absolute Gasteiger partial charge is 0.141 e. The number of nitrogens with one attached hydrogen (secondary N) is 1. The van der Waals surface area contributed by atoms with Crippen LogP contribution in [0.4, 0.5) is 0 Å². The van der Waals surface area contributed by atoms with E-state index in [1.54, 1.807) is 0 Å². The molecule has 1 aromatic carbocycles. The van der Waals surface area contributed by atoms with Gasteiger partial charge in [0.25, 0.3) is 0 Å². The predicted octanol–water partition coefficient (Wildman–Crippen LogP) is 1.84. The molecule has 0 saturated heterocycles. The number of hydrogen-bond acceptors (Lipinski definition) is 1. The molecule has 2 aromatic rings. The number of ketones is 1. The largest absolute Gasteiger partial charge is 0.361 e. The van der Waals surface area contributed by atoms with Crippen molar-refractivity contribution in [2.24, 2.45) is 0 Å². The minimum atomic E-state index is 0.319. The molecule has 13 heavy (non-hydrogen) atoms. The second kappa shape index (κ2) is 2.22. The summed E-state index contributed by atoms with van der Waals surface area (Å²) in [5.41, 5.74) is 3.48. The Bertz CT molecular complexity index is 496. The van der Waals surface area contributed by atoms with Crippen LogP contribution in [-0.4, -0.2) is 10.8 Å². The summed E-state index contributed by atoms with van der Waals surface area (Å²) in [5.74, 6) is 0.319. The Balaban J connectivity index is 2.44. The molecular weight excluding hydrogens is 162 g/mol. The van der Waals surface area contributed by atoms with Crippen molar-refractivity contribution < 1.29 is 4.79 Å². The molecule has 0 aliphatic heterocycles. The summed E-state index contributed by atoms with van der Waals surface area (Å²) < 4.78 is 0. The first kappa shape index (κ1) is 6.89. The maximum Gasteiger partial charge on any atom is 0.141 e. The van der Waals surface area contributed by atoms with Crippen LogP contribution in [0.1, 0.15) is 11.1 Å². The van der Waals surface area contributed by atoms with Crippen LogP contribution < -0.4 is 0 Å². The summed E-state index contributed by atoms with van der Waals surface area (Å²) >= 11 is 0. The molecule has 1 aliphatic rings. The van der Waals surface area contributed by atoms with Crippen molar-refractivity contribution in [3.8, 4) is 0 Å². The summed E-state index contributed by atoms with van der Waals surface area (Å²) in [6.45, 7) is 0. The summed E-state index contributed by atoms with van der Waals surface area (Å²) in [6, 6.07) is 6.09. The predicted molar refractivity (Wildman–Crippen MR) is 50.7 cm³/mol. The van der Waals surface area contributed by atoms with E-state index in [4.69, 9.17) is 0 Å². The topological polar surface area (TPSA) is 32.9 Å². The fraction of sp³-hybridized carbons (Fsp3) is 0.182. The molecule has 0 spiro atoms. The summed E-state index contributed by atoms with van der Waals surface area (Å²) in [4.78, 5) is 14.5. The molecule has 1 N–H and O–H groups in total. The van der Waals surface area contributed by atoms with Crippen LogP contribution in [0.15, 0.2) is 24.4 Å². The van der Waals surface area contributed by atoms with Gasteiger partial charge in [-0.05, 0) is 17.2 Å². The number of H-pyrrole nitrogens is 1. The van der Waals surface area contributed by atoms with Crippen molar-refractivity contribution in [1.82, 2.24) is 4.98 Å². The van der Waals surface area contributed by atoms with E-state index in [9.17, 15) is 4.79 Å². The number of rotatable bonds is 0. The van der Waals surface area contributed by atoms with E-state index in [1.165, 1.54) is 10.9 Å². The second-order valence-electron chi connectivity index (χ2n) is 3.55. The lowest BCUT2D eigenvalue weighted by atomic mass is 9.92. The Morgan fingerprint density at radius 2 is 2.00 bits per heavy atom. The maximum atomic E-state index is 11.3. The van der Waals surface area contributed by atoms with Crippen LogP contribution >= 0.6 is 0 Å². The van der Waals surface area contributed by atoms with Gasteiger partial charge in [0.1, 0.15) is 5.78 Å². The Hall–Kier alpha value is -1.57. The van der Waals surface area contributed by atoms with Crippen LogP contribution in [0, 0.1) is 0 Å². The van der Waals surface area contributed by atoms with Gasteiger partial charge in [-0.15, -0.1) is 0 Å². The van der Waals surface area contributed by atoms with E-state index >= 15 is 0 Å². The third kappa shape index (κ3) is 0.856. The maximum absolute atomic E-state index is 11.3. The molecule has 2 nitrogen and oxygen atoms in total. The summed E-state index contributed by atoms with van der Waals surface area (Å²) in [7, 11) is 0. The van der Waals surface area contributed by atoms with Gasteiger partial charge in [0.15, 0.2) is 0 Å². The van der Waals surface area contributed by atoms with Gasteiger partial charge in [-0.1, -0.05) is 12.1 Å². The summed E-state index contributed by atoms with van der Waals surface area (Å²) in [5, 5.41) is 1.27. The van der Waals surface area contributed by atoms with Gasteiger partial charge in [0, 0.05) is 29.9 Å². The Morgan fingerprint density at radius 3 is 2.92 bits per heavy atom. The first-order valence-corrected chi connectivity index (χ1v) is 4.44. The van der Waals surface area contributed by atoms with Gasteiger partial charge >= 0.3 is 0 Å². The van der Waals surface area contributed by atoms with Gasteiger partial charge in [-0.25, -0.2) is 0 Å². The monoisotopic (exact) mass is 171 g/mol. The molecule has 0 fully saturated rings. The number of Topliss-reactive ketones (excluding diaryl/α,β-unsaturated/α-hetero) is 1. The average Bonchev–Trinajstić information content (AvgIpc) is 2.50. The highest BCUT2D eigenvalue weighted by Gasteiger charge is 2.18. The fourth-order valence-electron chi connectivity index (χ4n) is 2.11. The lowest BCUT2D eigenvalue weighted by molar-refractivity contribution is -0.117. The highest BCUT2D eigenvalue weighted by Crippen LogP contribution is 2.27. The zero-order valence-corrected chi connectivity index (χ0v) is 7.13. The lowest BCUT2D eigenvalue weighted by Crippen LogP contribution is -2.11. The fourth-order valence-corrected chi connectivity index (χ4v) is 2.11. The van der Waals surface area contributed by atoms with E-state index in [0.29, 0.717) is 18.6 Å². The van der Waals surface area contributed by atoms with Crippen molar-refractivity contribution >= 4 is 16.7 Å². The molecule has 64 valence electrons. The number of hydrogen-bond donors (Lipinski definition) is 1. The summed E-state index contributed by atoms with van der Waals surface area (Å²) in [6.07, 6.45) is 3.14. The van der Waals surface area contributed by atoms with Gasteiger partial charge < -0.3 is 4.98 Å². The SMILES string of the molecule is O=C1Cc2cccc3[nH]cc(c23)C1. The third-order valence-electron chi connectivity index (χ3n) is 2.65. The van der Waals surface area contributed by atoms with Gasteiger partial charge in [0.2, 0.25) is 0 Å². The van der Waals surface area contributed by atoms with Crippen LogP contribution in [0.2, 0.25) is 0 Å². The molecule has 0 bridgehead atoms. The first-order chi connectivity index (χ1) is 6.34. The van der Waals surface area contributed by atoms with E-state index in [-0.39, 0.29) is 0 Å². The molecule has 0 radical (unpaired) electrons. The quantitative estimate of drug-likeness (QED) is 0.644. The lowest BCUT2D eigenvalue weighted by Gasteiger charge is -2.10. The van der Waals surface area contributed by atoms with E-state index < -0.39 is 0 Å².